The quantitative estimate of drug-likeness (QED) is 0.709. The molecule has 2 aromatic carbocycles. The minimum Gasteiger partial charge on any atom is -0.358 e. The van der Waals surface area contributed by atoms with E-state index in [-0.39, 0.29) is 17.5 Å². The van der Waals surface area contributed by atoms with E-state index in [9.17, 15) is 13.6 Å². The first kappa shape index (κ1) is 15.8. The second-order valence-electron chi connectivity index (χ2n) is 6.68. The van der Waals surface area contributed by atoms with Crippen LogP contribution in [0, 0.1) is 24.5 Å². The van der Waals surface area contributed by atoms with Gasteiger partial charge in [0.05, 0.1) is 5.69 Å². The highest BCUT2D eigenvalue weighted by molar-refractivity contribution is 5.94. The zero-order chi connectivity index (χ0) is 17.6. The van der Waals surface area contributed by atoms with E-state index in [1.54, 1.807) is 0 Å². The first-order valence-corrected chi connectivity index (χ1v) is 8.37. The average molecular weight is 340 g/mol. The van der Waals surface area contributed by atoms with Gasteiger partial charge in [0.1, 0.15) is 11.6 Å². The van der Waals surface area contributed by atoms with Gasteiger partial charge in [0.2, 0.25) is 5.91 Å². The molecule has 0 radical (unpaired) electrons. The number of aromatic nitrogens is 1. The zero-order valence-electron chi connectivity index (χ0n) is 13.8. The topological polar surface area (TPSA) is 44.9 Å². The second-order valence-corrected chi connectivity index (χ2v) is 6.68. The van der Waals surface area contributed by atoms with Gasteiger partial charge in [0, 0.05) is 28.6 Å². The number of carbonyl (C=O) groups excluding carboxylic acids is 1. The number of halogens is 2. The maximum atomic E-state index is 13.8. The van der Waals surface area contributed by atoms with Crippen LogP contribution in [0.4, 0.5) is 14.5 Å². The summed E-state index contributed by atoms with van der Waals surface area (Å²) in [5, 5.41) is 3.75. The molecule has 1 unspecified atom stereocenters. The molecule has 0 saturated heterocycles. The molecule has 1 aromatic heterocycles. The predicted molar refractivity (Wildman–Crippen MR) is 93.5 cm³/mol. The molecule has 5 heteroatoms. The van der Waals surface area contributed by atoms with Crippen molar-refractivity contribution in [3.8, 4) is 0 Å². The van der Waals surface area contributed by atoms with Gasteiger partial charge in [-0.25, -0.2) is 8.78 Å². The highest BCUT2D eigenvalue weighted by atomic mass is 19.1. The molecule has 3 aromatic rings. The van der Waals surface area contributed by atoms with Crippen LogP contribution < -0.4 is 5.32 Å². The number of H-pyrrole nitrogens is 1. The minimum atomic E-state index is -0.757. The summed E-state index contributed by atoms with van der Waals surface area (Å²) in [6.07, 6.45) is 2.11. The van der Waals surface area contributed by atoms with E-state index in [0.717, 1.165) is 29.5 Å². The normalized spacial score (nSPS) is 16.7. The van der Waals surface area contributed by atoms with Gasteiger partial charge in [0.25, 0.3) is 0 Å². The smallest absolute Gasteiger partial charge is 0.227 e. The molecule has 1 heterocycles. The maximum absolute atomic E-state index is 13.8. The van der Waals surface area contributed by atoms with Crippen molar-refractivity contribution >= 4 is 22.5 Å². The molecule has 0 saturated carbocycles. The summed E-state index contributed by atoms with van der Waals surface area (Å²) >= 11 is 0. The highest BCUT2D eigenvalue weighted by Crippen LogP contribution is 2.33. The number of aryl methyl sites for hydroxylation is 2. The fraction of sp³-hybridized carbons (Fsp3) is 0.250. The van der Waals surface area contributed by atoms with Crippen molar-refractivity contribution in [1.29, 1.82) is 0 Å². The number of rotatable bonds is 2. The summed E-state index contributed by atoms with van der Waals surface area (Å²) in [6.45, 7) is 2.04. The number of anilines is 1. The van der Waals surface area contributed by atoms with Crippen molar-refractivity contribution in [1.82, 2.24) is 4.98 Å². The first-order chi connectivity index (χ1) is 12.0. The fourth-order valence-electron chi connectivity index (χ4n) is 3.58. The Hall–Kier alpha value is -2.69. The number of aromatic amines is 1. The molecule has 0 fully saturated rings. The number of amides is 1. The molecule has 25 heavy (non-hydrogen) atoms. The third-order valence-electron chi connectivity index (χ3n) is 4.90. The Kier molecular flexibility index (Phi) is 3.79. The SMILES string of the molecule is Cc1ccc2[nH]c3c(c2c1)CC(C(=O)Nc1ccc(F)cc1F)CC3. The zero-order valence-corrected chi connectivity index (χ0v) is 13.8. The summed E-state index contributed by atoms with van der Waals surface area (Å²) in [7, 11) is 0. The lowest BCUT2D eigenvalue weighted by Gasteiger charge is -2.22. The monoisotopic (exact) mass is 340 g/mol. The number of hydrogen-bond acceptors (Lipinski definition) is 1. The van der Waals surface area contributed by atoms with E-state index in [1.807, 2.05) is 6.92 Å². The Balaban J connectivity index is 1.58. The van der Waals surface area contributed by atoms with Crippen LogP contribution in [0.15, 0.2) is 36.4 Å². The molecule has 1 aliphatic carbocycles. The van der Waals surface area contributed by atoms with E-state index < -0.39 is 11.6 Å². The number of benzene rings is 2. The molecule has 1 atom stereocenters. The van der Waals surface area contributed by atoms with Gasteiger partial charge in [-0.1, -0.05) is 11.6 Å². The molecular weight excluding hydrogens is 322 g/mol. The summed E-state index contributed by atoms with van der Waals surface area (Å²) in [5.74, 6) is -1.87. The lowest BCUT2D eigenvalue weighted by atomic mass is 9.85. The van der Waals surface area contributed by atoms with E-state index >= 15 is 0 Å². The Bertz CT molecular complexity index is 977. The third kappa shape index (κ3) is 2.90. The molecule has 0 spiro atoms. The Morgan fingerprint density at radius 3 is 2.84 bits per heavy atom. The van der Waals surface area contributed by atoms with Crippen molar-refractivity contribution in [2.45, 2.75) is 26.2 Å². The van der Waals surface area contributed by atoms with Gasteiger partial charge < -0.3 is 10.3 Å². The van der Waals surface area contributed by atoms with Crippen molar-refractivity contribution in [3.05, 3.63) is 64.9 Å². The Morgan fingerprint density at radius 2 is 2.04 bits per heavy atom. The van der Waals surface area contributed by atoms with Gasteiger partial charge in [-0.15, -0.1) is 0 Å². The number of carbonyl (C=O) groups is 1. The molecule has 0 bridgehead atoms. The van der Waals surface area contributed by atoms with E-state index in [2.05, 4.69) is 28.5 Å². The maximum Gasteiger partial charge on any atom is 0.227 e. The number of nitrogens with one attached hydrogen (secondary N) is 2. The van der Waals surface area contributed by atoms with Crippen molar-refractivity contribution in [3.63, 3.8) is 0 Å². The molecule has 128 valence electrons. The summed E-state index contributed by atoms with van der Waals surface area (Å²) < 4.78 is 26.8. The third-order valence-corrected chi connectivity index (χ3v) is 4.90. The molecule has 4 rings (SSSR count). The largest absolute Gasteiger partial charge is 0.358 e. The summed E-state index contributed by atoms with van der Waals surface area (Å²) in [4.78, 5) is 16.0. The van der Waals surface area contributed by atoms with Crippen LogP contribution in [-0.4, -0.2) is 10.9 Å². The first-order valence-electron chi connectivity index (χ1n) is 8.37. The number of hydrogen-bond donors (Lipinski definition) is 2. The average Bonchev–Trinajstić information content (AvgIpc) is 2.94. The van der Waals surface area contributed by atoms with Gasteiger partial charge in [-0.05, 0) is 56.0 Å². The second kappa shape index (κ2) is 5.99. The van der Waals surface area contributed by atoms with E-state index in [0.29, 0.717) is 12.8 Å². The van der Waals surface area contributed by atoms with Crippen LogP contribution in [0.25, 0.3) is 10.9 Å². The van der Waals surface area contributed by atoms with Gasteiger partial charge >= 0.3 is 0 Å². The van der Waals surface area contributed by atoms with Gasteiger partial charge in [0.15, 0.2) is 0 Å². The van der Waals surface area contributed by atoms with Crippen LogP contribution in [0.5, 0.6) is 0 Å². The van der Waals surface area contributed by atoms with Crippen LogP contribution >= 0.6 is 0 Å². The predicted octanol–water partition coefficient (Wildman–Crippen LogP) is 4.50. The summed E-state index contributed by atoms with van der Waals surface area (Å²) in [5.41, 5.74) is 4.63. The van der Waals surface area contributed by atoms with Crippen LogP contribution in [0.1, 0.15) is 23.2 Å². The molecule has 1 amide bonds. The Labute approximate surface area is 144 Å². The van der Waals surface area contributed by atoms with Crippen molar-refractivity contribution in [2.24, 2.45) is 5.92 Å². The lowest BCUT2D eigenvalue weighted by Crippen LogP contribution is -2.28. The van der Waals surface area contributed by atoms with Crippen LogP contribution in [0.2, 0.25) is 0 Å². The lowest BCUT2D eigenvalue weighted by molar-refractivity contribution is -0.120. The van der Waals surface area contributed by atoms with Crippen LogP contribution in [0.3, 0.4) is 0 Å². The molecular formula is C20H18F2N2O. The van der Waals surface area contributed by atoms with Gasteiger partial charge in [-0.2, -0.15) is 0 Å². The van der Waals surface area contributed by atoms with E-state index in [1.165, 1.54) is 22.9 Å². The molecule has 0 aliphatic heterocycles. The standard InChI is InChI=1S/C20H18F2N2O/c1-11-2-5-17-14(8-11)15-9-12(3-6-18(15)23-17)20(25)24-19-7-4-13(21)10-16(19)22/h2,4-5,7-8,10,12,23H,3,6,9H2,1H3,(H,24,25). The minimum absolute atomic E-state index is 0.0203. The van der Waals surface area contributed by atoms with Crippen molar-refractivity contribution < 1.29 is 13.6 Å². The van der Waals surface area contributed by atoms with Gasteiger partial charge in [-0.3, -0.25) is 4.79 Å². The molecule has 2 N–H and O–H groups in total. The number of fused-ring (bicyclic) bond motifs is 3. The van der Waals surface area contributed by atoms with Crippen molar-refractivity contribution in [2.75, 3.05) is 5.32 Å². The van der Waals surface area contributed by atoms with Crippen LogP contribution in [-0.2, 0) is 17.6 Å². The highest BCUT2D eigenvalue weighted by Gasteiger charge is 2.27. The fourth-order valence-corrected chi connectivity index (χ4v) is 3.58. The Morgan fingerprint density at radius 1 is 1.20 bits per heavy atom. The van der Waals surface area contributed by atoms with E-state index in [4.69, 9.17) is 0 Å². The molecule has 3 nitrogen and oxygen atoms in total. The molecule has 1 aliphatic rings. The summed E-state index contributed by atoms with van der Waals surface area (Å²) in [6, 6.07) is 9.42.